The van der Waals surface area contributed by atoms with Crippen molar-refractivity contribution in [2.75, 3.05) is 40.8 Å². The van der Waals surface area contributed by atoms with Crippen molar-refractivity contribution in [2.45, 2.75) is 25.8 Å². The molecular weight excluding hydrogens is 202 g/mol. The molecule has 0 aromatic carbocycles. The van der Waals surface area contributed by atoms with Gasteiger partial charge in [0.05, 0.1) is 5.92 Å². The number of rotatable bonds is 5. The first kappa shape index (κ1) is 13.5. The molecule has 16 heavy (non-hydrogen) atoms. The highest BCUT2D eigenvalue weighted by Gasteiger charge is 2.29. The molecule has 2 unspecified atom stereocenters. The minimum atomic E-state index is 0.126. The van der Waals surface area contributed by atoms with Gasteiger partial charge in [0.2, 0.25) is 5.91 Å². The average molecular weight is 227 g/mol. The van der Waals surface area contributed by atoms with E-state index in [0.717, 1.165) is 32.5 Å². The van der Waals surface area contributed by atoms with Crippen LogP contribution in [0.4, 0.5) is 0 Å². The molecule has 1 saturated heterocycles. The lowest BCUT2D eigenvalue weighted by Gasteiger charge is -2.28. The minimum Gasteiger partial charge on any atom is -0.341 e. The lowest BCUT2D eigenvalue weighted by molar-refractivity contribution is -0.136. The molecule has 4 heteroatoms. The normalized spacial score (nSPS) is 23.4. The van der Waals surface area contributed by atoms with Crippen LogP contribution in [0.5, 0.6) is 0 Å². The molecule has 1 heterocycles. The van der Waals surface area contributed by atoms with Crippen LogP contribution < -0.4 is 5.32 Å². The van der Waals surface area contributed by atoms with Gasteiger partial charge in [0.1, 0.15) is 0 Å². The lowest BCUT2D eigenvalue weighted by atomic mass is 10.0. The van der Waals surface area contributed by atoms with E-state index in [-0.39, 0.29) is 11.8 Å². The van der Waals surface area contributed by atoms with Crippen LogP contribution in [-0.2, 0) is 4.79 Å². The third kappa shape index (κ3) is 3.19. The first-order valence-electron chi connectivity index (χ1n) is 6.20. The molecule has 0 radical (unpaired) electrons. The Morgan fingerprint density at radius 2 is 2.31 bits per heavy atom. The van der Waals surface area contributed by atoms with Gasteiger partial charge < -0.3 is 15.1 Å². The maximum atomic E-state index is 12.2. The first-order valence-corrected chi connectivity index (χ1v) is 6.20. The van der Waals surface area contributed by atoms with Gasteiger partial charge in [-0.3, -0.25) is 4.79 Å². The van der Waals surface area contributed by atoms with Gasteiger partial charge >= 0.3 is 0 Å². The lowest BCUT2D eigenvalue weighted by Crippen LogP contribution is -2.44. The molecule has 1 amide bonds. The molecule has 0 spiro atoms. The van der Waals surface area contributed by atoms with Crippen LogP contribution in [0.25, 0.3) is 0 Å². The van der Waals surface area contributed by atoms with Gasteiger partial charge in [-0.15, -0.1) is 0 Å². The van der Waals surface area contributed by atoms with E-state index >= 15 is 0 Å². The summed E-state index contributed by atoms with van der Waals surface area (Å²) in [5.74, 6) is 0.415. The van der Waals surface area contributed by atoms with E-state index in [1.165, 1.54) is 0 Å². The Bertz CT molecular complexity index is 232. The first-order chi connectivity index (χ1) is 7.60. The maximum absolute atomic E-state index is 12.2. The smallest absolute Gasteiger partial charge is 0.226 e. The summed E-state index contributed by atoms with van der Waals surface area (Å²) in [6.45, 7) is 4.97. The zero-order valence-electron chi connectivity index (χ0n) is 11.0. The molecule has 1 N–H and O–H groups in total. The second-order valence-corrected chi connectivity index (χ2v) is 4.82. The van der Waals surface area contributed by atoms with Crippen LogP contribution in [0, 0.1) is 5.92 Å². The standard InChI is InChI=1S/C12H25N3O/c1-5-10(8-13-2)12(16)15(4)11-6-7-14(3)9-11/h10-11,13H,5-9H2,1-4H3. The summed E-state index contributed by atoms with van der Waals surface area (Å²) in [6.07, 6.45) is 2.02. The Kier molecular flexibility index (Phi) is 5.22. The van der Waals surface area contributed by atoms with Crippen molar-refractivity contribution in [3.63, 3.8) is 0 Å². The highest BCUT2D eigenvalue weighted by molar-refractivity contribution is 5.79. The molecule has 1 aliphatic rings. The highest BCUT2D eigenvalue weighted by Crippen LogP contribution is 2.16. The van der Waals surface area contributed by atoms with E-state index in [2.05, 4.69) is 24.2 Å². The number of likely N-dealkylation sites (N-methyl/N-ethyl adjacent to an activating group) is 2. The number of hydrogen-bond acceptors (Lipinski definition) is 3. The van der Waals surface area contributed by atoms with Crippen LogP contribution in [-0.4, -0.2) is 62.5 Å². The van der Waals surface area contributed by atoms with E-state index in [1.807, 2.05) is 19.0 Å². The Morgan fingerprint density at radius 3 is 2.75 bits per heavy atom. The van der Waals surface area contributed by atoms with E-state index < -0.39 is 0 Å². The fourth-order valence-corrected chi connectivity index (χ4v) is 2.35. The Labute approximate surface area is 99.0 Å². The third-order valence-corrected chi connectivity index (χ3v) is 3.55. The van der Waals surface area contributed by atoms with Crippen molar-refractivity contribution >= 4 is 5.91 Å². The summed E-state index contributed by atoms with van der Waals surface area (Å²) in [7, 11) is 5.97. The number of nitrogens with one attached hydrogen (secondary N) is 1. The monoisotopic (exact) mass is 227 g/mol. The van der Waals surface area contributed by atoms with Gasteiger partial charge in [0.25, 0.3) is 0 Å². The summed E-state index contributed by atoms with van der Waals surface area (Å²) in [6, 6.07) is 0.406. The van der Waals surface area contributed by atoms with Crippen molar-refractivity contribution < 1.29 is 4.79 Å². The Balaban J connectivity index is 2.51. The van der Waals surface area contributed by atoms with Crippen molar-refractivity contribution in [1.29, 1.82) is 0 Å². The van der Waals surface area contributed by atoms with Crippen molar-refractivity contribution in [1.82, 2.24) is 15.1 Å². The summed E-state index contributed by atoms with van der Waals surface area (Å²) in [5, 5.41) is 3.10. The molecule has 0 aliphatic carbocycles. The van der Waals surface area contributed by atoms with E-state index in [9.17, 15) is 4.79 Å². The van der Waals surface area contributed by atoms with Crippen molar-refractivity contribution in [3.8, 4) is 0 Å². The second-order valence-electron chi connectivity index (χ2n) is 4.82. The van der Waals surface area contributed by atoms with Crippen LogP contribution in [0.2, 0.25) is 0 Å². The molecule has 0 aromatic heterocycles. The fourth-order valence-electron chi connectivity index (χ4n) is 2.35. The summed E-state index contributed by atoms with van der Waals surface area (Å²) in [5.41, 5.74) is 0. The molecule has 1 aliphatic heterocycles. The number of nitrogens with zero attached hydrogens (tertiary/aromatic N) is 2. The van der Waals surface area contributed by atoms with Gasteiger partial charge in [0.15, 0.2) is 0 Å². The molecule has 1 rings (SSSR count). The zero-order valence-corrected chi connectivity index (χ0v) is 11.0. The molecule has 4 nitrogen and oxygen atoms in total. The molecular formula is C12H25N3O. The Hall–Kier alpha value is -0.610. The van der Waals surface area contributed by atoms with Gasteiger partial charge in [-0.1, -0.05) is 6.92 Å². The van der Waals surface area contributed by atoms with Gasteiger partial charge in [-0.2, -0.15) is 0 Å². The molecule has 0 bridgehead atoms. The van der Waals surface area contributed by atoms with Crippen LogP contribution >= 0.6 is 0 Å². The van der Waals surface area contributed by atoms with Crippen LogP contribution in [0.1, 0.15) is 19.8 Å². The van der Waals surface area contributed by atoms with Crippen LogP contribution in [0.15, 0.2) is 0 Å². The van der Waals surface area contributed by atoms with Crippen molar-refractivity contribution in [3.05, 3.63) is 0 Å². The number of carbonyl (C=O) groups is 1. The molecule has 94 valence electrons. The average Bonchev–Trinajstić information content (AvgIpc) is 2.70. The largest absolute Gasteiger partial charge is 0.341 e. The second kappa shape index (κ2) is 6.21. The summed E-state index contributed by atoms with van der Waals surface area (Å²) >= 11 is 0. The molecule has 0 aromatic rings. The summed E-state index contributed by atoms with van der Waals surface area (Å²) < 4.78 is 0. The van der Waals surface area contributed by atoms with Crippen LogP contribution in [0.3, 0.4) is 0 Å². The van der Waals surface area contributed by atoms with Gasteiger partial charge in [-0.05, 0) is 33.5 Å². The summed E-state index contributed by atoms with van der Waals surface area (Å²) in [4.78, 5) is 16.5. The van der Waals surface area contributed by atoms with E-state index in [0.29, 0.717) is 6.04 Å². The van der Waals surface area contributed by atoms with E-state index in [4.69, 9.17) is 0 Å². The van der Waals surface area contributed by atoms with Crippen molar-refractivity contribution in [2.24, 2.45) is 5.92 Å². The third-order valence-electron chi connectivity index (χ3n) is 3.55. The Morgan fingerprint density at radius 1 is 1.62 bits per heavy atom. The fraction of sp³-hybridized carbons (Fsp3) is 0.917. The maximum Gasteiger partial charge on any atom is 0.226 e. The number of likely N-dealkylation sites (tertiary alicyclic amines) is 1. The molecule has 1 fully saturated rings. The molecule has 0 saturated carbocycles. The molecule has 2 atom stereocenters. The number of hydrogen-bond donors (Lipinski definition) is 1. The SMILES string of the molecule is CCC(CNC)C(=O)N(C)C1CCN(C)C1. The minimum absolute atomic E-state index is 0.126. The number of amides is 1. The zero-order chi connectivity index (χ0) is 12.1. The topological polar surface area (TPSA) is 35.6 Å². The van der Waals surface area contributed by atoms with Gasteiger partial charge in [0, 0.05) is 26.2 Å². The predicted octanol–water partition coefficient (Wildman–Crippen LogP) is 0.395. The predicted molar refractivity (Wildman–Crippen MR) is 66.4 cm³/mol. The van der Waals surface area contributed by atoms with E-state index in [1.54, 1.807) is 0 Å². The quantitative estimate of drug-likeness (QED) is 0.738. The number of carbonyl (C=O) groups excluding carboxylic acids is 1. The van der Waals surface area contributed by atoms with Gasteiger partial charge in [-0.25, -0.2) is 0 Å². The highest BCUT2D eigenvalue weighted by atomic mass is 16.2.